The number of halogens is 2. The van der Waals surface area contributed by atoms with Crippen molar-refractivity contribution >= 4 is 16.6 Å². The van der Waals surface area contributed by atoms with E-state index in [-0.39, 0.29) is 0 Å². The molecule has 0 saturated carbocycles. The molecule has 3 rings (SSSR count). The van der Waals surface area contributed by atoms with Gasteiger partial charge in [0.25, 0.3) is 12.0 Å². The summed E-state index contributed by atoms with van der Waals surface area (Å²) in [5.74, 6) is 0. The molecule has 0 bridgehead atoms. The van der Waals surface area contributed by atoms with E-state index in [1.165, 1.54) is 6.33 Å². The fraction of sp³-hybridized carbons (Fsp3) is 0.529. The standard InChI is InChI=1S/C17H22F2N4O/c1-12(2)21-5-7-22(8-6-21)13-3-4-14-15(9-13)20-11-23(17(14)24)10-16(18)19/h3-4,9,11-12,16H,5-8,10H2,1-2H3. The molecule has 0 N–H and O–H groups in total. The van der Waals surface area contributed by atoms with Crippen molar-refractivity contribution in [3.05, 3.63) is 34.9 Å². The average molecular weight is 336 g/mol. The minimum absolute atomic E-state index is 0.378. The van der Waals surface area contributed by atoms with Gasteiger partial charge in [0.2, 0.25) is 0 Å². The zero-order valence-corrected chi connectivity index (χ0v) is 14.0. The lowest BCUT2D eigenvalue weighted by Gasteiger charge is -2.38. The van der Waals surface area contributed by atoms with Crippen molar-refractivity contribution in [1.29, 1.82) is 0 Å². The first kappa shape index (κ1) is 16.8. The highest BCUT2D eigenvalue weighted by Crippen LogP contribution is 2.21. The summed E-state index contributed by atoms with van der Waals surface area (Å²) in [5, 5.41) is 0.378. The van der Waals surface area contributed by atoms with Gasteiger partial charge in [-0.2, -0.15) is 0 Å². The second-order valence-corrected chi connectivity index (χ2v) is 6.41. The van der Waals surface area contributed by atoms with Gasteiger partial charge in [0.15, 0.2) is 0 Å². The Hall–Kier alpha value is -2.02. The second-order valence-electron chi connectivity index (χ2n) is 6.41. The summed E-state index contributed by atoms with van der Waals surface area (Å²) < 4.78 is 26.0. The number of hydrogen-bond donors (Lipinski definition) is 0. The number of benzene rings is 1. The van der Waals surface area contributed by atoms with Crippen LogP contribution in [-0.2, 0) is 6.54 Å². The maximum Gasteiger partial charge on any atom is 0.261 e. The number of fused-ring (bicyclic) bond motifs is 1. The number of alkyl halides is 2. The number of nitrogens with zero attached hydrogens (tertiary/aromatic N) is 4. The summed E-state index contributed by atoms with van der Waals surface area (Å²) in [4.78, 5) is 21.1. The van der Waals surface area contributed by atoms with Gasteiger partial charge in [-0.05, 0) is 32.0 Å². The molecular formula is C17H22F2N4O. The fourth-order valence-corrected chi connectivity index (χ4v) is 3.12. The molecule has 24 heavy (non-hydrogen) atoms. The Labute approximate surface area is 139 Å². The first-order valence-electron chi connectivity index (χ1n) is 8.22. The van der Waals surface area contributed by atoms with Gasteiger partial charge in [-0.3, -0.25) is 14.3 Å². The summed E-state index contributed by atoms with van der Waals surface area (Å²) in [7, 11) is 0. The molecule has 5 nitrogen and oxygen atoms in total. The van der Waals surface area contributed by atoms with Crippen LogP contribution >= 0.6 is 0 Å². The summed E-state index contributed by atoms with van der Waals surface area (Å²) in [5.41, 5.74) is 1.15. The topological polar surface area (TPSA) is 41.4 Å². The Kier molecular flexibility index (Phi) is 4.80. The van der Waals surface area contributed by atoms with E-state index in [0.717, 1.165) is 36.4 Å². The Morgan fingerprint density at radius 3 is 2.50 bits per heavy atom. The molecule has 0 spiro atoms. The molecule has 0 aliphatic carbocycles. The van der Waals surface area contributed by atoms with Crippen LogP contribution < -0.4 is 10.5 Å². The number of hydrogen-bond acceptors (Lipinski definition) is 4. The zero-order valence-electron chi connectivity index (χ0n) is 14.0. The van der Waals surface area contributed by atoms with Gasteiger partial charge < -0.3 is 4.90 Å². The Bertz CT molecular complexity index is 767. The normalized spacial score (nSPS) is 16.5. The zero-order chi connectivity index (χ0) is 17.3. The molecule has 0 atom stereocenters. The van der Waals surface area contributed by atoms with Crippen LogP contribution in [0, 0.1) is 0 Å². The number of aromatic nitrogens is 2. The van der Waals surface area contributed by atoms with Crippen LogP contribution in [0.25, 0.3) is 10.9 Å². The van der Waals surface area contributed by atoms with Crippen LogP contribution in [0.4, 0.5) is 14.5 Å². The molecule has 0 amide bonds. The fourth-order valence-electron chi connectivity index (χ4n) is 3.12. The average Bonchev–Trinajstić information content (AvgIpc) is 2.57. The van der Waals surface area contributed by atoms with Crippen LogP contribution in [0.15, 0.2) is 29.3 Å². The van der Waals surface area contributed by atoms with Crippen molar-refractivity contribution in [3.8, 4) is 0 Å². The van der Waals surface area contributed by atoms with Gasteiger partial charge in [-0.1, -0.05) is 0 Å². The lowest BCUT2D eigenvalue weighted by molar-refractivity contribution is 0.125. The first-order valence-corrected chi connectivity index (χ1v) is 8.22. The molecule has 1 aromatic heterocycles. The van der Waals surface area contributed by atoms with E-state index >= 15 is 0 Å². The van der Waals surface area contributed by atoms with Crippen LogP contribution in [0.3, 0.4) is 0 Å². The second kappa shape index (κ2) is 6.84. The van der Waals surface area contributed by atoms with Gasteiger partial charge in [0.05, 0.1) is 23.8 Å². The molecule has 1 fully saturated rings. The van der Waals surface area contributed by atoms with Crippen molar-refractivity contribution in [3.63, 3.8) is 0 Å². The van der Waals surface area contributed by atoms with Crippen LogP contribution in [-0.4, -0.2) is 53.1 Å². The summed E-state index contributed by atoms with van der Waals surface area (Å²) in [6.45, 7) is 7.61. The van der Waals surface area contributed by atoms with Crippen molar-refractivity contribution < 1.29 is 8.78 Å². The first-order chi connectivity index (χ1) is 11.5. The van der Waals surface area contributed by atoms with Crippen molar-refractivity contribution in [1.82, 2.24) is 14.5 Å². The Balaban J connectivity index is 1.84. The van der Waals surface area contributed by atoms with E-state index in [1.54, 1.807) is 6.07 Å². The summed E-state index contributed by atoms with van der Waals surface area (Å²) in [6.07, 6.45) is -1.37. The Morgan fingerprint density at radius 1 is 1.17 bits per heavy atom. The minimum Gasteiger partial charge on any atom is -0.369 e. The maximum absolute atomic E-state index is 12.5. The number of piperazine rings is 1. The predicted molar refractivity (Wildman–Crippen MR) is 90.9 cm³/mol. The maximum atomic E-state index is 12.5. The van der Waals surface area contributed by atoms with Gasteiger partial charge in [0.1, 0.15) is 0 Å². The quantitative estimate of drug-likeness (QED) is 0.858. The molecular weight excluding hydrogens is 314 g/mol. The van der Waals surface area contributed by atoms with E-state index in [0.29, 0.717) is 16.9 Å². The largest absolute Gasteiger partial charge is 0.369 e. The third kappa shape index (κ3) is 3.40. The van der Waals surface area contributed by atoms with Crippen molar-refractivity contribution in [2.75, 3.05) is 31.1 Å². The van der Waals surface area contributed by atoms with Gasteiger partial charge in [-0.15, -0.1) is 0 Å². The minimum atomic E-state index is -2.57. The van der Waals surface area contributed by atoms with Gasteiger partial charge in [-0.25, -0.2) is 13.8 Å². The number of anilines is 1. The van der Waals surface area contributed by atoms with Crippen molar-refractivity contribution in [2.24, 2.45) is 0 Å². The van der Waals surface area contributed by atoms with Crippen LogP contribution in [0.2, 0.25) is 0 Å². The summed E-state index contributed by atoms with van der Waals surface area (Å²) >= 11 is 0. The smallest absolute Gasteiger partial charge is 0.261 e. The molecule has 1 saturated heterocycles. The van der Waals surface area contributed by atoms with E-state index in [9.17, 15) is 13.6 Å². The molecule has 2 heterocycles. The van der Waals surface area contributed by atoms with Crippen LogP contribution in [0.5, 0.6) is 0 Å². The molecule has 1 aliphatic rings. The third-order valence-electron chi connectivity index (χ3n) is 4.55. The van der Waals surface area contributed by atoms with E-state index in [1.807, 2.05) is 12.1 Å². The van der Waals surface area contributed by atoms with E-state index < -0.39 is 18.5 Å². The van der Waals surface area contributed by atoms with Crippen molar-refractivity contribution in [2.45, 2.75) is 32.9 Å². The molecule has 7 heteroatoms. The van der Waals surface area contributed by atoms with Gasteiger partial charge in [0, 0.05) is 37.9 Å². The highest BCUT2D eigenvalue weighted by molar-refractivity contribution is 5.81. The lowest BCUT2D eigenvalue weighted by Crippen LogP contribution is -2.48. The van der Waals surface area contributed by atoms with Gasteiger partial charge >= 0.3 is 0 Å². The Morgan fingerprint density at radius 2 is 1.88 bits per heavy atom. The van der Waals surface area contributed by atoms with E-state index in [2.05, 4.69) is 28.6 Å². The molecule has 0 unspecified atom stereocenters. The highest BCUT2D eigenvalue weighted by atomic mass is 19.3. The summed E-state index contributed by atoms with van der Waals surface area (Å²) in [6, 6.07) is 5.98. The molecule has 2 aromatic rings. The molecule has 1 aromatic carbocycles. The van der Waals surface area contributed by atoms with E-state index in [4.69, 9.17) is 0 Å². The molecule has 130 valence electrons. The predicted octanol–water partition coefficient (Wildman–Crippen LogP) is 2.19. The molecule has 0 radical (unpaired) electrons. The number of rotatable bonds is 4. The molecule has 1 aliphatic heterocycles. The SMILES string of the molecule is CC(C)N1CCN(c2ccc3c(=O)n(CC(F)F)cnc3c2)CC1. The lowest BCUT2D eigenvalue weighted by atomic mass is 10.2. The highest BCUT2D eigenvalue weighted by Gasteiger charge is 2.19. The third-order valence-corrected chi connectivity index (χ3v) is 4.55. The van der Waals surface area contributed by atoms with Crippen LogP contribution in [0.1, 0.15) is 13.8 Å². The monoisotopic (exact) mass is 336 g/mol.